The molecular formula is C9H10Cl2IO2PS. The molecule has 0 aromatic heterocycles. The van der Waals surface area contributed by atoms with E-state index in [-0.39, 0.29) is 0 Å². The molecule has 0 spiro atoms. The molecule has 7 heteroatoms. The lowest BCUT2D eigenvalue weighted by Gasteiger charge is -2.20. The molecule has 1 rings (SSSR count). The molecule has 0 aliphatic heterocycles. The van der Waals surface area contributed by atoms with E-state index in [1.54, 1.807) is 19.2 Å². The van der Waals surface area contributed by atoms with Gasteiger partial charge in [0, 0.05) is 22.9 Å². The van der Waals surface area contributed by atoms with Crippen molar-refractivity contribution < 1.29 is 9.05 Å². The van der Waals surface area contributed by atoms with E-state index in [2.05, 4.69) is 22.6 Å². The smallest absolute Gasteiger partial charge is 0.237 e. The first-order chi connectivity index (χ1) is 7.41. The third kappa shape index (κ3) is 3.72. The highest BCUT2D eigenvalue weighted by atomic mass is 127. The van der Waals surface area contributed by atoms with Gasteiger partial charge in [0.05, 0.1) is 10.0 Å². The van der Waals surface area contributed by atoms with E-state index < -0.39 is 6.49 Å². The fourth-order valence-electron chi connectivity index (χ4n) is 0.955. The second kappa shape index (κ2) is 6.21. The van der Waals surface area contributed by atoms with Crippen molar-refractivity contribution >= 4 is 64.1 Å². The third-order valence-electron chi connectivity index (χ3n) is 1.88. The lowest BCUT2D eigenvalue weighted by Crippen LogP contribution is -1.98. The van der Waals surface area contributed by atoms with Crippen LogP contribution in [0.3, 0.4) is 0 Å². The molecule has 90 valence electrons. The Hall–Kier alpha value is 0.940. The molecule has 0 saturated carbocycles. The van der Waals surface area contributed by atoms with Crippen LogP contribution in [-0.4, -0.2) is 13.3 Å². The average molecular weight is 411 g/mol. The molecule has 1 aromatic rings. The van der Waals surface area contributed by atoms with Crippen LogP contribution in [0, 0.1) is 3.57 Å². The summed E-state index contributed by atoms with van der Waals surface area (Å²) < 4.78 is 11.7. The molecule has 0 amide bonds. The Labute approximate surface area is 124 Å². The average Bonchev–Trinajstić information content (AvgIpc) is 2.25. The fourth-order valence-corrected chi connectivity index (χ4v) is 3.17. The molecule has 1 atom stereocenters. The summed E-state index contributed by atoms with van der Waals surface area (Å²) in [6.45, 7) is -0.354. The van der Waals surface area contributed by atoms with E-state index in [1.807, 2.05) is 6.92 Å². The second-order valence-electron chi connectivity index (χ2n) is 2.90. The van der Waals surface area contributed by atoms with Crippen molar-refractivity contribution in [3.05, 3.63) is 25.7 Å². The highest BCUT2D eigenvalue weighted by Gasteiger charge is 2.18. The van der Waals surface area contributed by atoms with Gasteiger partial charge in [0.1, 0.15) is 5.75 Å². The molecule has 0 bridgehead atoms. The van der Waals surface area contributed by atoms with Crippen molar-refractivity contribution in [1.82, 2.24) is 0 Å². The standard InChI is InChI=1S/C9H10Cl2IO2PS/c1-3-15(16,13-2)14-9-5-6(10)8(12)4-7(9)11/h4-5H,3H2,1-2H3. The van der Waals surface area contributed by atoms with E-state index in [1.165, 1.54) is 0 Å². The molecular weight excluding hydrogens is 401 g/mol. The number of halogens is 3. The Morgan fingerprint density at radius 1 is 1.38 bits per heavy atom. The predicted octanol–water partition coefficient (Wildman–Crippen LogP) is 4.95. The summed E-state index contributed by atoms with van der Waals surface area (Å²) in [5, 5.41) is 1.09. The van der Waals surface area contributed by atoms with Crippen molar-refractivity contribution in [2.24, 2.45) is 0 Å². The molecule has 0 N–H and O–H groups in total. The molecule has 0 heterocycles. The molecule has 1 unspecified atom stereocenters. The minimum Gasteiger partial charge on any atom is -0.442 e. The first-order valence-electron chi connectivity index (χ1n) is 4.41. The number of benzene rings is 1. The lowest BCUT2D eigenvalue weighted by molar-refractivity contribution is 0.393. The van der Waals surface area contributed by atoms with E-state index in [9.17, 15) is 0 Å². The quantitative estimate of drug-likeness (QED) is 0.397. The van der Waals surface area contributed by atoms with Crippen LogP contribution < -0.4 is 4.52 Å². The maximum absolute atomic E-state index is 6.05. The van der Waals surface area contributed by atoms with Gasteiger partial charge in [-0.3, -0.25) is 0 Å². The molecule has 0 aliphatic carbocycles. The van der Waals surface area contributed by atoms with Crippen LogP contribution in [0.4, 0.5) is 0 Å². The minimum atomic E-state index is -2.28. The third-order valence-corrected chi connectivity index (χ3v) is 6.95. The van der Waals surface area contributed by atoms with Gasteiger partial charge in [-0.25, -0.2) is 0 Å². The Morgan fingerprint density at radius 2 is 2.00 bits per heavy atom. The van der Waals surface area contributed by atoms with Crippen LogP contribution in [0.15, 0.2) is 12.1 Å². The summed E-state index contributed by atoms with van der Waals surface area (Å²) in [6, 6.07) is 3.41. The van der Waals surface area contributed by atoms with Crippen molar-refractivity contribution in [2.75, 3.05) is 13.3 Å². The normalized spacial score (nSPS) is 14.6. The zero-order valence-corrected chi connectivity index (χ0v) is 14.0. The Morgan fingerprint density at radius 3 is 2.50 bits per heavy atom. The largest absolute Gasteiger partial charge is 0.442 e. The fraction of sp³-hybridized carbons (Fsp3) is 0.333. The first-order valence-corrected chi connectivity index (χ1v) is 9.06. The molecule has 0 fully saturated rings. The van der Waals surface area contributed by atoms with Gasteiger partial charge in [-0.15, -0.1) is 0 Å². The summed E-state index contributed by atoms with van der Waals surface area (Å²) >= 11 is 19.4. The molecule has 0 radical (unpaired) electrons. The van der Waals surface area contributed by atoms with Crippen molar-refractivity contribution in [1.29, 1.82) is 0 Å². The highest BCUT2D eigenvalue weighted by Crippen LogP contribution is 2.49. The molecule has 0 aliphatic rings. The minimum absolute atomic E-state index is 0.485. The summed E-state index contributed by atoms with van der Waals surface area (Å²) in [6.07, 6.45) is 0.638. The van der Waals surface area contributed by atoms with Gasteiger partial charge >= 0.3 is 0 Å². The Balaban J connectivity index is 3.06. The maximum Gasteiger partial charge on any atom is 0.237 e. The number of hydrogen-bond donors (Lipinski definition) is 0. The van der Waals surface area contributed by atoms with Crippen LogP contribution in [-0.2, 0) is 16.3 Å². The zero-order valence-electron chi connectivity index (χ0n) is 8.67. The molecule has 16 heavy (non-hydrogen) atoms. The maximum atomic E-state index is 6.05. The predicted molar refractivity (Wildman–Crippen MR) is 81.6 cm³/mol. The Bertz CT molecular complexity index is 434. The zero-order chi connectivity index (χ0) is 12.3. The second-order valence-corrected chi connectivity index (χ2v) is 8.95. The summed E-state index contributed by atoms with van der Waals surface area (Å²) in [5.41, 5.74) is 0. The van der Waals surface area contributed by atoms with Crippen molar-refractivity contribution in [3.63, 3.8) is 0 Å². The van der Waals surface area contributed by atoms with E-state index >= 15 is 0 Å². The molecule has 0 saturated heterocycles. The van der Waals surface area contributed by atoms with Gasteiger partial charge in [0.2, 0.25) is 6.49 Å². The first kappa shape index (κ1) is 15.0. The van der Waals surface area contributed by atoms with Gasteiger partial charge < -0.3 is 9.05 Å². The van der Waals surface area contributed by atoms with Crippen LogP contribution in [0.1, 0.15) is 6.92 Å². The van der Waals surface area contributed by atoms with Crippen LogP contribution in [0.25, 0.3) is 0 Å². The van der Waals surface area contributed by atoms with Crippen LogP contribution >= 0.6 is 52.3 Å². The number of hydrogen-bond acceptors (Lipinski definition) is 3. The SMILES string of the molecule is CCP(=S)(OC)Oc1cc(Cl)c(I)cc1Cl. The van der Waals surface area contributed by atoms with Gasteiger partial charge in [-0.1, -0.05) is 30.1 Å². The van der Waals surface area contributed by atoms with Crippen LogP contribution in [0.2, 0.25) is 10.0 Å². The van der Waals surface area contributed by atoms with E-state index in [4.69, 9.17) is 44.1 Å². The van der Waals surface area contributed by atoms with Gasteiger partial charge in [0.15, 0.2) is 0 Å². The highest BCUT2D eigenvalue weighted by molar-refractivity contribution is 14.1. The van der Waals surface area contributed by atoms with Gasteiger partial charge in [-0.2, -0.15) is 0 Å². The lowest BCUT2D eigenvalue weighted by atomic mass is 10.3. The van der Waals surface area contributed by atoms with E-state index in [0.717, 1.165) is 3.57 Å². The summed E-state index contributed by atoms with van der Waals surface area (Å²) in [5.74, 6) is 0.485. The molecule has 1 aromatic carbocycles. The summed E-state index contributed by atoms with van der Waals surface area (Å²) in [4.78, 5) is 0. The van der Waals surface area contributed by atoms with Gasteiger partial charge in [0.25, 0.3) is 0 Å². The Kier molecular flexibility index (Phi) is 5.82. The van der Waals surface area contributed by atoms with Crippen molar-refractivity contribution in [3.8, 4) is 5.75 Å². The van der Waals surface area contributed by atoms with Gasteiger partial charge in [-0.05, 0) is 40.5 Å². The van der Waals surface area contributed by atoms with Crippen molar-refractivity contribution in [2.45, 2.75) is 6.92 Å². The van der Waals surface area contributed by atoms with E-state index in [0.29, 0.717) is 22.0 Å². The molecule has 2 nitrogen and oxygen atoms in total. The summed E-state index contributed by atoms with van der Waals surface area (Å²) in [7, 11) is 1.55. The van der Waals surface area contributed by atoms with Crippen LogP contribution in [0.5, 0.6) is 5.75 Å². The number of rotatable bonds is 4. The topological polar surface area (TPSA) is 18.5 Å². The monoisotopic (exact) mass is 410 g/mol.